The molecule has 0 aliphatic rings. The zero-order chi connectivity index (χ0) is 29.0. The number of nitrogens with two attached hydrogens (primary N) is 2. The summed E-state index contributed by atoms with van der Waals surface area (Å²) in [4.78, 5) is 52.9. The lowest BCUT2D eigenvalue weighted by Gasteiger charge is -2.18. The molecule has 11 nitrogen and oxygen atoms in total. The number of ketones is 1. The normalized spacial score (nSPS) is 11.7. The Bertz CT molecular complexity index is 1180. The number of anilines is 1. The summed E-state index contributed by atoms with van der Waals surface area (Å²) in [6.45, 7) is 6.70. The van der Waals surface area contributed by atoms with Crippen LogP contribution in [-0.4, -0.2) is 47.8 Å². The Hall–Kier alpha value is -4.41. The van der Waals surface area contributed by atoms with Gasteiger partial charge in [-0.25, -0.2) is 4.99 Å². The SMILES string of the molecule is CC(C)(C)CCCOc1ccc(NC(=O)[C@H](CC(=O)O)CC(=O)CNC(=O)c2cccc(N=C(N)N)c2)cc1. The minimum absolute atomic E-state index is 0.165. The molecular weight excluding hydrogens is 502 g/mol. The molecule has 11 heteroatoms. The van der Waals surface area contributed by atoms with E-state index in [1.807, 2.05) is 0 Å². The van der Waals surface area contributed by atoms with Gasteiger partial charge in [0.1, 0.15) is 5.75 Å². The maximum atomic E-state index is 12.8. The van der Waals surface area contributed by atoms with Crippen molar-refractivity contribution in [1.29, 1.82) is 0 Å². The second-order valence-electron chi connectivity index (χ2n) is 10.3. The van der Waals surface area contributed by atoms with Crippen LogP contribution in [0.25, 0.3) is 0 Å². The highest BCUT2D eigenvalue weighted by Gasteiger charge is 2.25. The number of nitrogens with zero attached hydrogens (tertiary/aromatic N) is 1. The molecule has 0 heterocycles. The van der Waals surface area contributed by atoms with Crippen LogP contribution >= 0.6 is 0 Å². The Balaban J connectivity index is 1.90. The van der Waals surface area contributed by atoms with E-state index in [2.05, 4.69) is 36.4 Å². The lowest BCUT2D eigenvalue weighted by molar-refractivity contribution is -0.140. The smallest absolute Gasteiger partial charge is 0.304 e. The predicted molar refractivity (Wildman–Crippen MR) is 149 cm³/mol. The highest BCUT2D eigenvalue weighted by atomic mass is 16.5. The molecule has 1 atom stereocenters. The molecule has 2 aromatic rings. The molecule has 39 heavy (non-hydrogen) atoms. The molecule has 0 aromatic heterocycles. The van der Waals surface area contributed by atoms with Crippen molar-refractivity contribution in [3.05, 3.63) is 54.1 Å². The van der Waals surface area contributed by atoms with Gasteiger partial charge in [0.25, 0.3) is 5.91 Å². The standard InChI is InChI=1S/C28H37N5O6/c1-28(2,3)12-5-13-39-23-10-8-20(9-11-23)32-26(38)19(16-24(35)36)15-22(34)17-31-25(37)18-6-4-7-21(14-18)33-27(29)30/h4,6-11,14,19H,5,12-13,15-17H2,1-3H3,(H,31,37)(H,32,38)(H,35,36)(H4,29,30,33)/t19-/m0/s1. The number of benzene rings is 2. The maximum Gasteiger partial charge on any atom is 0.304 e. The van der Waals surface area contributed by atoms with Crippen LogP contribution in [0.15, 0.2) is 53.5 Å². The predicted octanol–water partition coefficient (Wildman–Crippen LogP) is 3.22. The summed E-state index contributed by atoms with van der Waals surface area (Å²) in [6, 6.07) is 12.9. The number of carboxylic acids is 1. The minimum atomic E-state index is -1.22. The Labute approximate surface area is 228 Å². The lowest BCUT2D eigenvalue weighted by Crippen LogP contribution is -2.33. The largest absolute Gasteiger partial charge is 0.494 e. The molecule has 2 aromatic carbocycles. The van der Waals surface area contributed by atoms with Crippen LogP contribution in [0.1, 0.15) is 56.8 Å². The molecule has 0 spiro atoms. The number of carboxylic acid groups (broad SMARTS) is 1. The summed E-state index contributed by atoms with van der Waals surface area (Å²) in [5.74, 6) is -3.51. The number of Topliss-reactive ketones (excluding diaryl/α,β-unsaturated/α-hetero) is 1. The number of nitrogens with one attached hydrogen (secondary N) is 2. The molecule has 0 saturated heterocycles. The third-order valence-corrected chi connectivity index (χ3v) is 5.54. The van der Waals surface area contributed by atoms with Gasteiger partial charge in [-0.1, -0.05) is 26.8 Å². The highest BCUT2D eigenvalue weighted by Crippen LogP contribution is 2.22. The van der Waals surface area contributed by atoms with Gasteiger partial charge in [-0.15, -0.1) is 0 Å². The molecule has 7 N–H and O–H groups in total. The van der Waals surface area contributed by atoms with Crippen molar-refractivity contribution in [2.45, 2.75) is 46.5 Å². The van der Waals surface area contributed by atoms with Gasteiger partial charge in [0.2, 0.25) is 5.91 Å². The van der Waals surface area contributed by atoms with Crippen molar-refractivity contribution < 1.29 is 29.0 Å². The van der Waals surface area contributed by atoms with Crippen LogP contribution in [0.4, 0.5) is 11.4 Å². The quantitative estimate of drug-likeness (QED) is 0.137. The van der Waals surface area contributed by atoms with Crippen LogP contribution in [0.3, 0.4) is 0 Å². The number of amides is 2. The van der Waals surface area contributed by atoms with E-state index in [1.54, 1.807) is 36.4 Å². The second-order valence-corrected chi connectivity index (χ2v) is 10.3. The summed E-state index contributed by atoms with van der Waals surface area (Å²) in [7, 11) is 0. The molecule has 0 bridgehead atoms. The van der Waals surface area contributed by atoms with Gasteiger partial charge >= 0.3 is 5.97 Å². The van der Waals surface area contributed by atoms with E-state index in [0.29, 0.717) is 23.7 Å². The molecule has 0 unspecified atom stereocenters. The Morgan fingerprint density at radius 1 is 1.03 bits per heavy atom. The van der Waals surface area contributed by atoms with Gasteiger partial charge in [0, 0.05) is 17.7 Å². The number of aliphatic carboxylic acids is 1. The van der Waals surface area contributed by atoms with Gasteiger partial charge in [0.15, 0.2) is 11.7 Å². The number of aliphatic imine (C=N–C) groups is 1. The molecule has 0 aliphatic carbocycles. The van der Waals surface area contributed by atoms with E-state index >= 15 is 0 Å². The first-order valence-corrected chi connectivity index (χ1v) is 12.6. The number of ether oxygens (including phenoxy) is 1. The van der Waals surface area contributed by atoms with Gasteiger partial charge in [-0.05, 0) is 60.7 Å². The molecule has 0 fully saturated rings. The molecule has 210 valence electrons. The lowest BCUT2D eigenvalue weighted by atomic mass is 9.91. The monoisotopic (exact) mass is 539 g/mol. The summed E-state index contributed by atoms with van der Waals surface area (Å²) in [5, 5.41) is 14.4. The third-order valence-electron chi connectivity index (χ3n) is 5.54. The maximum absolute atomic E-state index is 12.8. The Morgan fingerprint density at radius 3 is 2.33 bits per heavy atom. The van der Waals surface area contributed by atoms with Crippen molar-refractivity contribution in [1.82, 2.24) is 5.32 Å². The number of carbonyl (C=O) groups is 4. The zero-order valence-corrected chi connectivity index (χ0v) is 22.5. The first kappa shape index (κ1) is 30.8. The van der Waals surface area contributed by atoms with Crippen molar-refractivity contribution in [3.8, 4) is 5.75 Å². The highest BCUT2D eigenvalue weighted by molar-refractivity contribution is 6.00. The number of guanidine groups is 1. The Kier molecular flexibility index (Phi) is 11.5. The van der Waals surface area contributed by atoms with Crippen LogP contribution < -0.4 is 26.8 Å². The van der Waals surface area contributed by atoms with Crippen LogP contribution in [0, 0.1) is 11.3 Å². The van der Waals surface area contributed by atoms with Gasteiger partial charge in [-0.2, -0.15) is 0 Å². The topological polar surface area (TPSA) is 186 Å². The van der Waals surface area contributed by atoms with Gasteiger partial charge < -0.3 is 31.9 Å². The Morgan fingerprint density at radius 2 is 1.72 bits per heavy atom. The fraction of sp³-hybridized carbons (Fsp3) is 0.393. The van der Waals surface area contributed by atoms with E-state index in [1.165, 1.54) is 12.1 Å². The number of carbonyl (C=O) groups excluding carboxylic acids is 3. The van der Waals surface area contributed by atoms with E-state index in [0.717, 1.165) is 12.8 Å². The second kappa shape index (κ2) is 14.5. The molecule has 0 saturated carbocycles. The van der Waals surface area contributed by atoms with Crippen LogP contribution in [-0.2, 0) is 14.4 Å². The fourth-order valence-corrected chi connectivity index (χ4v) is 3.63. The first-order chi connectivity index (χ1) is 18.3. The van der Waals surface area contributed by atoms with Crippen molar-refractivity contribution in [3.63, 3.8) is 0 Å². The molecule has 2 rings (SSSR count). The van der Waals surface area contributed by atoms with Crippen molar-refractivity contribution in [2.24, 2.45) is 27.8 Å². The van der Waals surface area contributed by atoms with Crippen molar-refractivity contribution >= 4 is 40.9 Å². The van der Waals surface area contributed by atoms with Crippen molar-refractivity contribution in [2.75, 3.05) is 18.5 Å². The van der Waals surface area contributed by atoms with Crippen LogP contribution in [0.2, 0.25) is 0 Å². The molecule has 0 aliphatic heterocycles. The number of rotatable bonds is 14. The van der Waals surface area contributed by atoms with E-state index in [9.17, 15) is 24.3 Å². The number of hydrogen-bond donors (Lipinski definition) is 5. The summed E-state index contributed by atoms with van der Waals surface area (Å²) in [5.41, 5.74) is 12.0. The van der Waals surface area contributed by atoms with Gasteiger partial charge in [0.05, 0.1) is 31.2 Å². The molecule has 0 radical (unpaired) electrons. The average Bonchev–Trinajstić information content (AvgIpc) is 2.84. The molecule has 2 amide bonds. The average molecular weight is 540 g/mol. The summed E-state index contributed by atoms with van der Waals surface area (Å²) < 4.78 is 5.73. The number of hydrogen-bond acceptors (Lipinski definition) is 6. The first-order valence-electron chi connectivity index (χ1n) is 12.6. The zero-order valence-electron chi connectivity index (χ0n) is 22.5. The van der Waals surface area contributed by atoms with Gasteiger partial charge in [-0.3, -0.25) is 19.2 Å². The third kappa shape index (κ3) is 12.1. The molecular formula is C28H37N5O6. The minimum Gasteiger partial charge on any atom is -0.494 e. The fourth-order valence-electron chi connectivity index (χ4n) is 3.63. The van der Waals surface area contributed by atoms with Crippen LogP contribution in [0.5, 0.6) is 5.75 Å². The van der Waals surface area contributed by atoms with E-state index in [4.69, 9.17) is 16.2 Å². The summed E-state index contributed by atoms with van der Waals surface area (Å²) in [6.07, 6.45) is 1.04. The van der Waals surface area contributed by atoms with E-state index in [-0.39, 0.29) is 29.9 Å². The summed E-state index contributed by atoms with van der Waals surface area (Å²) >= 11 is 0. The van der Waals surface area contributed by atoms with E-state index < -0.39 is 35.9 Å².